The van der Waals surface area contributed by atoms with Crippen LogP contribution in [-0.2, 0) is 13.5 Å². The minimum atomic E-state index is 0.190. The Morgan fingerprint density at radius 1 is 1.46 bits per heavy atom. The monoisotopic (exact) mass is 181 g/mol. The van der Waals surface area contributed by atoms with E-state index < -0.39 is 0 Å². The first-order valence-corrected chi connectivity index (χ1v) is 4.79. The molecule has 0 saturated carbocycles. The molecule has 1 heterocycles. The quantitative estimate of drug-likeness (QED) is 0.766. The lowest BCUT2D eigenvalue weighted by Gasteiger charge is -2.02. The van der Waals surface area contributed by atoms with E-state index in [2.05, 4.69) is 25.0 Å². The van der Waals surface area contributed by atoms with Crippen LogP contribution in [0.25, 0.3) is 0 Å². The van der Waals surface area contributed by atoms with Crippen molar-refractivity contribution in [2.24, 2.45) is 12.8 Å². The van der Waals surface area contributed by atoms with Crippen molar-refractivity contribution in [1.82, 2.24) is 9.78 Å². The molecule has 0 amide bonds. The molecule has 0 saturated heterocycles. The number of aryl methyl sites for hydroxylation is 1. The van der Waals surface area contributed by atoms with E-state index in [9.17, 15) is 0 Å². The van der Waals surface area contributed by atoms with Crippen molar-refractivity contribution in [3.63, 3.8) is 0 Å². The van der Waals surface area contributed by atoms with Crippen LogP contribution in [0.2, 0.25) is 0 Å². The highest BCUT2D eigenvalue weighted by Crippen LogP contribution is 2.15. The minimum Gasteiger partial charge on any atom is -0.328 e. The average molecular weight is 181 g/mol. The molecular formula is C10H19N3. The Kier molecular flexibility index (Phi) is 3.09. The van der Waals surface area contributed by atoms with Crippen molar-refractivity contribution in [2.75, 3.05) is 0 Å². The molecule has 3 heteroatoms. The summed E-state index contributed by atoms with van der Waals surface area (Å²) in [7, 11) is 1.99. The van der Waals surface area contributed by atoms with Crippen LogP contribution in [0.4, 0.5) is 0 Å². The maximum atomic E-state index is 5.71. The lowest BCUT2D eigenvalue weighted by atomic mass is 10.1. The molecule has 1 rings (SSSR count). The fraction of sp³-hybridized carbons (Fsp3) is 0.700. The average Bonchev–Trinajstić information content (AvgIpc) is 2.29. The van der Waals surface area contributed by atoms with Gasteiger partial charge in [-0.3, -0.25) is 4.68 Å². The molecule has 2 N–H and O–H groups in total. The number of aromatic nitrogens is 2. The summed E-state index contributed by atoms with van der Waals surface area (Å²) in [6, 6.07) is 2.34. The molecule has 0 aliphatic rings. The lowest BCUT2D eigenvalue weighted by molar-refractivity contribution is 0.648. The molecule has 0 aromatic carbocycles. The van der Waals surface area contributed by atoms with E-state index >= 15 is 0 Å². The summed E-state index contributed by atoms with van der Waals surface area (Å²) < 4.78 is 1.95. The van der Waals surface area contributed by atoms with Gasteiger partial charge in [0.2, 0.25) is 0 Å². The number of nitrogens with zero attached hydrogens (tertiary/aromatic N) is 2. The summed E-state index contributed by atoms with van der Waals surface area (Å²) in [6.07, 6.45) is 0.862. The largest absolute Gasteiger partial charge is 0.328 e. The van der Waals surface area contributed by atoms with Gasteiger partial charge in [-0.2, -0.15) is 5.10 Å². The number of hydrogen-bond donors (Lipinski definition) is 1. The van der Waals surface area contributed by atoms with Crippen molar-refractivity contribution in [1.29, 1.82) is 0 Å². The van der Waals surface area contributed by atoms with Gasteiger partial charge in [-0.25, -0.2) is 0 Å². The summed E-state index contributed by atoms with van der Waals surface area (Å²) in [4.78, 5) is 0. The highest BCUT2D eigenvalue weighted by atomic mass is 15.3. The van der Waals surface area contributed by atoms with Crippen LogP contribution in [0, 0.1) is 0 Å². The molecule has 0 aliphatic heterocycles. The molecule has 3 nitrogen and oxygen atoms in total. The van der Waals surface area contributed by atoms with E-state index in [4.69, 9.17) is 5.73 Å². The second-order valence-corrected chi connectivity index (χ2v) is 4.02. The summed E-state index contributed by atoms with van der Waals surface area (Å²) in [5.41, 5.74) is 8.08. The van der Waals surface area contributed by atoms with E-state index in [1.54, 1.807) is 0 Å². The Labute approximate surface area is 79.9 Å². The zero-order valence-corrected chi connectivity index (χ0v) is 8.91. The summed E-state index contributed by atoms with van der Waals surface area (Å²) in [5, 5.41) is 4.41. The molecule has 1 atom stereocenters. The number of hydrogen-bond acceptors (Lipinski definition) is 2. The van der Waals surface area contributed by atoms with E-state index in [-0.39, 0.29) is 6.04 Å². The molecule has 0 radical (unpaired) electrons. The van der Waals surface area contributed by atoms with Gasteiger partial charge in [-0.1, -0.05) is 13.8 Å². The summed E-state index contributed by atoms with van der Waals surface area (Å²) in [6.45, 7) is 6.35. The van der Waals surface area contributed by atoms with Crippen molar-refractivity contribution < 1.29 is 0 Å². The van der Waals surface area contributed by atoms with Gasteiger partial charge < -0.3 is 5.73 Å². The lowest BCUT2D eigenvalue weighted by Crippen LogP contribution is -2.18. The Hall–Kier alpha value is -0.830. The van der Waals surface area contributed by atoms with Gasteiger partial charge in [0.15, 0.2) is 0 Å². The van der Waals surface area contributed by atoms with Crippen LogP contribution in [0.5, 0.6) is 0 Å². The van der Waals surface area contributed by atoms with Gasteiger partial charge in [0.05, 0.1) is 5.69 Å². The molecule has 1 aromatic heterocycles. The van der Waals surface area contributed by atoms with Gasteiger partial charge in [-0.05, 0) is 18.9 Å². The maximum absolute atomic E-state index is 5.71. The van der Waals surface area contributed by atoms with E-state index in [1.807, 2.05) is 18.7 Å². The fourth-order valence-corrected chi connectivity index (χ4v) is 1.51. The topological polar surface area (TPSA) is 43.8 Å². The second kappa shape index (κ2) is 3.92. The molecule has 1 aromatic rings. The maximum Gasteiger partial charge on any atom is 0.0642 e. The van der Waals surface area contributed by atoms with Gasteiger partial charge >= 0.3 is 0 Å². The molecule has 0 spiro atoms. The SMILES string of the molecule is CC(N)Cc1cc(C(C)C)n(C)n1. The first-order chi connectivity index (χ1) is 6.00. The molecule has 0 bridgehead atoms. The standard InChI is InChI=1S/C10H19N3/c1-7(2)10-6-9(5-8(3)11)12-13(10)4/h6-8H,5,11H2,1-4H3. The van der Waals surface area contributed by atoms with Crippen LogP contribution in [0.1, 0.15) is 38.1 Å². The van der Waals surface area contributed by atoms with Gasteiger partial charge in [0, 0.05) is 25.2 Å². The third-order valence-electron chi connectivity index (χ3n) is 2.09. The first-order valence-electron chi connectivity index (χ1n) is 4.79. The smallest absolute Gasteiger partial charge is 0.0642 e. The van der Waals surface area contributed by atoms with Crippen molar-refractivity contribution in [3.05, 3.63) is 17.5 Å². The fourth-order valence-electron chi connectivity index (χ4n) is 1.51. The van der Waals surface area contributed by atoms with Crippen LogP contribution in [-0.4, -0.2) is 15.8 Å². The highest BCUT2D eigenvalue weighted by Gasteiger charge is 2.09. The van der Waals surface area contributed by atoms with Crippen LogP contribution >= 0.6 is 0 Å². The van der Waals surface area contributed by atoms with Crippen LogP contribution in [0.3, 0.4) is 0 Å². The van der Waals surface area contributed by atoms with Gasteiger partial charge in [-0.15, -0.1) is 0 Å². The summed E-state index contributed by atoms with van der Waals surface area (Å²) >= 11 is 0. The Morgan fingerprint density at radius 2 is 2.08 bits per heavy atom. The second-order valence-electron chi connectivity index (χ2n) is 4.02. The van der Waals surface area contributed by atoms with Crippen molar-refractivity contribution >= 4 is 0 Å². The minimum absolute atomic E-state index is 0.190. The van der Waals surface area contributed by atoms with Crippen molar-refractivity contribution in [3.8, 4) is 0 Å². The molecule has 1 unspecified atom stereocenters. The Morgan fingerprint density at radius 3 is 2.46 bits per heavy atom. The van der Waals surface area contributed by atoms with Gasteiger partial charge in [0.25, 0.3) is 0 Å². The van der Waals surface area contributed by atoms with Gasteiger partial charge in [0.1, 0.15) is 0 Å². The number of rotatable bonds is 3. The highest BCUT2D eigenvalue weighted by molar-refractivity contribution is 5.14. The molecule has 13 heavy (non-hydrogen) atoms. The normalized spacial score (nSPS) is 13.7. The first kappa shape index (κ1) is 10.3. The molecule has 74 valence electrons. The van der Waals surface area contributed by atoms with E-state index in [0.29, 0.717) is 5.92 Å². The molecular weight excluding hydrogens is 162 g/mol. The van der Waals surface area contributed by atoms with Crippen LogP contribution in [0.15, 0.2) is 6.07 Å². The van der Waals surface area contributed by atoms with E-state index in [1.165, 1.54) is 5.69 Å². The zero-order chi connectivity index (χ0) is 10.0. The third kappa shape index (κ3) is 2.56. The third-order valence-corrected chi connectivity index (χ3v) is 2.09. The molecule has 0 aliphatic carbocycles. The summed E-state index contributed by atoms with van der Waals surface area (Å²) in [5.74, 6) is 0.527. The Balaban J connectivity index is 2.82. The zero-order valence-electron chi connectivity index (χ0n) is 8.91. The Bertz CT molecular complexity index is 274. The van der Waals surface area contributed by atoms with E-state index in [0.717, 1.165) is 12.1 Å². The van der Waals surface area contributed by atoms with Crippen LogP contribution < -0.4 is 5.73 Å². The van der Waals surface area contributed by atoms with Crippen molar-refractivity contribution in [2.45, 2.75) is 39.2 Å². The molecule has 0 fully saturated rings. The predicted octanol–water partition coefficient (Wildman–Crippen LogP) is 1.43. The number of nitrogens with two attached hydrogens (primary N) is 1. The predicted molar refractivity (Wildman–Crippen MR) is 54.7 cm³/mol.